The highest BCUT2D eigenvalue weighted by Crippen LogP contribution is 2.51. The topological polar surface area (TPSA) is 96.4 Å². The van der Waals surface area contributed by atoms with Crippen LogP contribution in [0.1, 0.15) is 28.2 Å². The first-order valence-electron chi connectivity index (χ1n) is 10.5. The van der Waals surface area contributed by atoms with Crippen molar-refractivity contribution < 1.29 is 13.2 Å². The predicted molar refractivity (Wildman–Crippen MR) is 127 cm³/mol. The number of nitriles is 1. The maximum Gasteiger partial charge on any atom is 0.265 e. The van der Waals surface area contributed by atoms with Gasteiger partial charge in [-0.1, -0.05) is 72.3 Å². The predicted octanol–water partition coefficient (Wildman–Crippen LogP) is 4.52. The second kappa shape index (κ2) is 7.84. The zero-order chi connectivity index (χ0) is 23.2. The monoisotopic (exact) mass is 455 g/mol. The third-order valence-corrected chi connectivity index (χ3v) is 7.82. The van der Waals surface area contributed by atoms with Gasteiger partial charge in [-0.2, -0.15) is 5.26 Å². The van der Waals surface area contributed by atoms with Gasteiger partial charge in [0.15, 0.2) is 5.76 Å². The number of hydrogen-bond acceptors (Lipinski definition) is 5. The van der Waals surface area contributed by atoms with E-state index in [1.54, 1.807) is 12.1 Å². The van der Waals surface area contributed by atoms with E-state index in [1.165, 1.54) is 4.31 Å². The molecule has 7 heteroatoms. The van der Waals surface area contributed by atoms with Crippen LogP contribution in [0.5, 0.6) is 0 Å². The molecule has 0 aromatic heterocycles. The number of para-hydroxylation sites is 1. The van der Waals surface area contributed by atoms with Gasteiger partial charge in [-0.25, -0.2) is 8.42 Å². The second-order valence-corrected chi connectivity index (χ2v) is 9.87. The van der Waals surface area contributed by atoms with Gasteiger partial charge < -0.3 is 10.5 Å². The number of sulfonamides is 1. The zero-order valence-electron chi connectivity index (χ0n) is 17.9. The van der Waals surface area contributed by atoms with E-state index in [1.807, 2.05) is 73.7 Å². The first kappa shape index (κ1) is 20.9. The number of benzene rings is 3. The Kier molecular flexibility index (Phi) is 4.95. The van der Waals surface area contributed by atoms with E-state index in [-0.39, 0.29) is 28.7 Å². The Labute approximate surface area is 192 Å². The molecule has 0 saturated heterocycles. The number of rotatable bonds is 3. The fraction of sp³-hybridized carbons (Fsp3) is 0.115. The number of nitrogens with zero attached hydrogens (tertiary/aromatic N) is 2. The summed E-state index contributed by atoms with van der Waals surface area (Å²) in [7, 11) is -4.06. The number of fused-ring (bicyclic) bond motifs is 2. The van der Waals surface area contributed by atoms with Crippen molar-refractivity contribution in [3.63, 3.8) is 0 Å². The number of ether oxygens (including phenoxy) is 1. The van der Waals surface area contributed by atoms with Gasteiger partial charge in [-0.05, 0) is 30.2 Å². The van der Waals surface area contributed by atoms with Gasteiger partial charge in [0, 0.05) is 5.56 Å². The minimum Gasteiger partial charge on any atom is -0.439 e. The molecule has 1 atom stereocenters. The van der Waals surface area contributed by atoms with Gasteiger partial charge in [0.2, 0.25) is 5.88 Å². The summed E-state index contributed by atoms with van der Waals surface area (Å²) in [6.45, 7) is 2.10. The van der Waals surface area contributed by atoms with Crippen molar-refractivity contribution in [2.75, 3.05) is 4.31 Å². The molecule has 2 N–H and O–H groups in total. The van der Waals surface area contributed by atoms with E-state index in [2.05, 4.69) is 6.07 Å². The van der Waals surface area contributed by atoms with Gasteiger partial charge in [-0.3, -0.25) is 4.31 Å². The fourth-order valence-corrected chi connectivity index (χ4v) is 6.23. The molecule has 2 aliphatic heterocycles. The van der Waals surface area contributed by atoms with Crippen molar-refractivity contribution in [3.8, 4) is 6.07 Å². The third-order valence-electron chi connectivity index (χ3n) is 5.94. The molecule has 0 radical (unpaired) electrons. The van der Waals surface area contributed by atoms with Crippen LogP contribution >= 0.6 is 0 Å². The van der Waals surface area contributed by atoms with Crippen molar-refractivity contribution in [3.05, 3.63) is 117 Å². The second-order valence-electron chi connectivity index (χ2n) is 8.04. The number of hydrogen-bond donors (Lipinski definition) is 1. The SMILES string of the molecule is Cc1ccc(C2C(C#N)=C(N)OC3=C2S(=O)(=O)N(Cc2ccccc2)c2ccccc23)cc1. The van der Waals surface area contributed by atoms with Crippen LogP contribution in [0.3, 0.4) is 0 Å². The Morgan fingerprint density at radius 3 is 2.36 bits per heavy atom. The Morgan fingerprint density at radius 2 is 1.67 bits per heavy atom. The molecule has 3 aromatic rings. The van der Waals surface area contributed by atoms with Crippen LogP contribution in [0.4, 0.5) is 5.69 Å². The number of allylic oxidation sites excluding steroid dienone is 2. The van der Waals surface area contributed by atoms with Crippen LogP contribution in [-0.2, 0) is 21.3 Å². The molecule has 0 aliphatic carbocycles. The first-order chi connectivity index (χ1) is 15.9. The molecule has 0 spiro atoms. The molecule has 164 valence electrons. The molecule has 6 nitrogen and oxygen atoms in total. The molecule has 0 saturated carbocycles. The molecule has 0 bridgehead atoms. The van der Waals surface area contributed by atoms with Gasteiger partial charge in [0.1, 0.15) is 16.5 Å². The summed E-state index contributed by atoms with van der Waals surface area (Å²) in [4.78, 5) is 0.0340. The number of aryl methyl sites for hydroxylation is 1. The summed E-state index contributed by atoms with van der Waals surface area (Å²) in [5.41, 5.74) is 9.90. The maximum absolute atomic E-state index is 14.1. The normalized spacial score (nSPS) is 18.8. The van der Waals surface area contributed by atoms with E-state index in [0.717, 1.165) is 11.1 Å². The van der Waals surface area contributed by atoms with E-state index in [4.69, 9.17) is 10.5 Å². The van der Waals surface area contributed by atoms with Crippen LogP contribution < -0.4 is 10.0 Å². The van der Waals surface area contributed by atoms with Crippen molar-refractivity contribution in [1.29, 1.82) is 5.26 Å². The smallest absolute Gasteiger partial charge is 0.265 e. The molecule has 2 heterocycles. The molecule has 33 heavy (non-hydrogen) atoms. The minimum atomic E-state index is -4.06. The first-order valence-corrected chi connectivity index (χ1v) is 11.9. The lowest BCUT2D eigenvalue weighted by atomic mass is 9.88. The molecule has 5 rings (SSSR count). The quantitative estimate of drug-likeness (QED) is 0.626. The highest BCUT2D eigenvalue weighted by atomic mass is 32.2. The lowest BCUT2D eigenvalue weighted by Crippen LogP contribution is -2.39. The van der Waals surface area contributed by atoms with Crippen molar-refractivity contribution in [2.45, 2.75) is 19.4 Å². The Balaban J connectivity index is 1.77. The van der Waals surface area contributed by atoms with E-state index < -0.39 is 15.9 Å². The molecular formula is C26H21N3O3S. The van der Waals surface area contributed by atoms with Gasteiger partial charge in [-0.15, -0.1) is 0 Å². The van der Waals surface area contributed by atoms with E-state index >= 15 is 0 Å². The van der Waals surface area contributed by atoms with Crippen LogP contribution in [0.15, 0.2) is 95.2 Å². The van der Waals surface area contributed by atoms with Crippen LogP contribution in [0.2, 0.25) is 0 Å². The summed E-state index contributed by atoms with van der Waals surface area (Å²) in [6.07, 6.45) is 0. The Hall–Kier alpha value is -4.02. The number of anilines is 1. The van der Waals surface area contributed by atoms with E-state index in [9.17, 15) is 13.7 Å². The molecule has 2 aliphatic rings. The zero-order valence-corrected chi connectivity index (χ0v) is 18.7. The maximum atomic E-state index is 14.1. The van der Waals surface area contributed by atoms with Crippen LogP contribution in [0.25, 0.3) is 5.76 Å². The molecule has 1 unspecified atom stereocenters. The average Bonchev–Trinajstić information content (AvgIpc) is 2.82. The molecular weight excluding hydrogens is 434 g/mol. The van der Waals surface area contributed by atoms with Gasteiger partial charge in [0.25, 0.3) is 10.0 Å². The third kappa shape index (κ3) is 3.36. The molecule has 0 amide bonds. The summed E-state index contributed by atoms with van der Waals surface area (Å²) >= 11 is 0. The lowest BCUT2D eigenvalue weighted by Gasteiger charge is -2.38. The number of nitrogens with two attached hydrogens (primary N) is 1. The highest BCUT2D eigenvalue weighted by molar-refractivity contribution is 7.96. The van der Waals surface area contributed by atoms with Gasteiger partial charge in [0.05, 0.1) is 18.2 Å². The largest absolute Gasteiger partial charge is 0.439 e. The summed E-state index contributed by atoms with van der Waals surface area (Å²) in [5, 5.41) is 9.91. The molecule has 3 aromatic carbocycles. The average molecular weight is 456 g/mol. The van der Waals surface area contributed by atoms with Crippen molar-refractivity contribution in [2.24, 2.45) is 5.73 Å². The molecule has 0 fully saturated rings. The summed E-state index contributed by atoms with van der Waals surface area (Å²) < 4.78 is 35.5. The summed E-state index contributed by atoms with van der Waals surface area (Å²) in [5.74, 6) is -0.767. The standard InChI is InChI=1S/C26H21N3O3S/c1-17-11-13-19(14-12-17)23-21(15-27)26(28)32-24-20-9-5-6-10-22(20)29(33(30,31)25(23)24)16-18-7-3-2-4-8-18/h2-14,23H,16,28H2,1H3. The van der Waals surface area contributed by atoms with Gasteiger partial charge >= 0.3 is 0 Å². The Bertz CT molecular complexity index is 1450. The summed E-state index contributed by atoms with van der Waals surface area (Å²) in [6, 6.07) is 26.1. The lowest BCUT2D eigenvalue weighted by molar-refractivity contribution is 0.357. The van der Waals surface area contributed by atoms with Crippen LogP contribution in [-0.4, -0.2) is 8.42 Å². The fourth-order valence-electron chi connectivity index (χ4n) is 4.32. The van der Waals surface area contributed by atoms with E-state index in [0.29, 0.717) is 16.8 Å². The van der Waals surface area contributed by atoms with Crippen LogP contribution in [0, 0.1) is 18.3 Å². The van der Waals surface area contributed by atoms with Crippen molar-refractivity contribution in [1.82, 2.24) is 0 Å². The minimum absolute atomic E-state index is 0.0340. The Morgan fingerprint density at radius 1 is 1.00 bits per heavy atom. The highest BCUT2D eigenvalue weighted by Gasteiger charge is 2.47. The van der Waals surface area contributed by atoms with Crippen molar-refractivity contribution >= 4 is 21.5 Å².